The van der Waals surface area contributed by atoms with Gasteiger partial charge in [0.05, 0.1) is 6.20 Å². The lowest BCUT2D eigenvalue weighted by Gasteiger charge is -2.43. The maximum atomic E-state index is 13.6. The van der Waals surface area contributed by atoms with Crippen molar-refractivity contribution in [3.05, 3.63) is 36.3 Å². The van der Waals surface area contributed by atoms with E-state index in [-0.39, 0.29) is 6.61 Å². The van der Waals surface area contributed by atoms with Crippen molar-refractivity contribution in [3.63, 3.8) is 0 Å². The fraction of sp³-hybridized carbons (Fsp3) is 0.474. The minimum absolute atomic E-state index is 0.131. The van der Waals surface area contributed by atoms with Crippen LogP contribution in [0.1, 0.15) is 19.9 Å². The maximum absolute atomic E-state index is 13.6. The smallest absolute Gasteiger partial charge is 0.303 e. The highest BCUT2D eigenvalue weighted by Gasteiger charge is 2.49. The Hall–Kier alpha value is -2.37. The highest BCUT2D eigenvalue weighted by atomic mass is 79.9. The van der Waals surface area contributed by atoms with E-state index in [9.17, 15) is 14.0 Å². The Morgan fingerprint density at radius 2 is 2.03 bits per heavy atom. The largest absolute Gasteiger partial charge is 0.463 e. The Kier molecular flexibility index (Phi) is 7.16. The zero-order valence-corrected chi connectivity index (χ0v) is 18.1. The zero-order valence-electron chi connectivity index (χ0n) is 16.5. The summed E-state index contributed by atoms with van der Waals surface area (Å²) in [4.78, 5) is 23.1. The molecule has 9 nitrogen and oxygen atoms in total. The fourth-order valence-corrected chi connectivity index (χ4v) is 4.11. The second-order valence-electron chi connectivity index (χ2n) is 6.69. The first kappa shape index (κ1) is 22.3. The van der Waals surface area contributed by atoms with Gasteiger partial charge in [-0.05, 0) is 12.1 Å². The van der Waals surface area contributed by atoms with Crippen LogP contribution in [-0.2, 0) is 28.5 Å². The quantitative estimate of drug-likeness (QED) is 0.453. The van der Waals surface area contributed by atoms with Crippen LogP contribution in [0.15, 0.2) is 30.5 Å². The van der Waals surface area contributed by atoms with E-state index >= 15 is 0 Å². The number of rotatable bonds is 6. The number of esters is 2. The van der Waals surface area contributed by atoms with E-state index in [1.165, 1.54) is 37.8 Å². The SMILES string of the molecule is COC1C(Br)OC(COC(C)=O)C(OC(C)=O)C1n1cc(-c2cccc(F)c2)nn1. The molecule has 0 saturated carbocycles. The van der Waals surface area contributed by atoms with Crippen molar-refractivity contribution in [1.29, 1.82) is 0 Å². The Morgan fingerprint density at radius 1 is 1.27 bits per heavy atom. The van der Waals surface area contributed by atoms with Crippen molar-refractivity contribution in [2.75, 3.05) is 13.7 Å². The van der Waals surface area contributed by atoms with Gasteiger partial charge in [0.2, 0.25) is 0 Å². The summed E-state index contributed by atoms with van der Waals surface area (Å²) in [5, 5.41) is 7.66. The second-order valence-corrected chi connectivity index (χ2v) is 7.59. The number of methoxy groups -OCH3 is 1. The van der Waals surface area contributed by atoms with Gasteiger partial charge in [-0.15, -0.1) is 5.10 Å². The maximum Gasteiger partial charge on any atom is 0.303 e. The topological polar surface area (TPSA) is 102 Å². The average molecular weight is 486 g/mol. The first-order valence-corrected chi connectivity index (χ1v) is 10.0. The van der Waals surface area contributed by atoms with Crippen LogP contribution >= 0.6 is 15.9 Å². The van der Waals surface area contributed by atoms with Gasteiger partial charge in [0.15, 0.2) is 6.10 Å². The summed E-state index contributed by atoms with van der Waals surface area (Å²) in [5.74, 6) is -1.44. The Balaban J connectivity index is 1.98. The molecule has 0 bridgehead atoms. The summed E-state index contributed by atoms with van der Waals surface area (Å²) in [6.45, 7) is 2.41. The summed E-state index contributed by atoms with van der Waals surface area (Å²) in [5.41, 5.74) is 0.971. The fourth-order valence-electron chi connectivity index (χ4n) is 3.30. The van der Waals surface area contributed by atoms with E-state index in [1.807, 2.05) is 0 Å². The minimum atomic E-state index is -0.886. The van der Waals surface area contributed by atoms with E-state index < -0.39 is 47.1 Å². The molecule has 0 N–H and O–H groups in total. The van der Waals surface area contributed by atoms with Crippen LogP contribution in [0, 0.1) is 5.82 Å². The molecule has 1 saturated heterocycles. The molecule has 1 fully saturated rings. The highest BCUT2D eigenvalue weighted by molar-refractivity contribution is 9.09. The lowest BCUT2D eigenvalue weighted by atomic mass is 9.97. The lowest BCUT2D eigenvalue weighted by Crippen LogP contribution is -2.56. The molecule has 1 aromatic heterocycles. The number of hydrogen-bond acceptors (Lipinski definition) is 8. The van der Waals surface area contributed by atoms with Crippen molar-refractivity contribution in [2.45, 2.75) is 43.2 Å². The third kappa shape index (κ3) is 5.02. The molecule has 0 aliphatic carbocycles. The van der Waals surface area contributed by atoms with Crippen LogP contribution in [-0.4, -0.2) is 64.0 Å². The average Bonchev–Trinajstić information content (AvgIpc) is 3.17. The van der Waals surface area contributed by atoms with Crippen molar-refractivity contribution in [3.8, 4) is 11.3 Å². The van der Waals surface area contributed by atoms with E-state index in [4.69, 9.17) is 18.9 Å². The number of carbonyl (C=O) groups excluding carboxylic acids is 2. The van der Waals surface area contributed by atoms with Gasteiger partial charge in [-0.1, -0.05) is 33.3 Å². The van der Waals surface area contributed by atoms with Crippen molar-refractivity contribution >= 4 is 27.9 Å². The number of carbonyl (C=O) groups is 2. The van der Waals surface area contributed by atoms with Crippen LogP contribution in [0.25, 0.3) is 11.3 Å². The van der Waals surface area contributed by atoms with Crippen LogP contribution in [0.4, 0.5) is 4.39 Å². The summed E-state index contributed by atoms with van der Waals surface area (Å²) in [7, 11) is 1.48. The lowest BCUT2D eigenvalue weighted by molar-refractivity contribution is -0.207. The monoisotopic (exact) mass is 485 g/mol. The molecule has 30 heavy (non-hydrogen) atoms. The van der Waals surface area contributed by atoms with E-state index in [1.54, 1.807) is 18.3 Å². The van der Waals surface area contributed by atoms with Crippen molar-refractivity contribution in [2.24, 2.45) is 0 Å². The molecule has 0 radical (unpaired) electrons. The Labute approximate surface area is 180 Å². The molecule has 2 heterocycles. The molecule has 5 unspecified atom stereocenters. The predicted molar refractivity (Wildman–Crippen MR) is 105 cm³/mol. The van der Waals surface area contributed by atoms with Crippen LogP contribution < -0.4 is 0 Å². The predicted octanol–water partition coefficient (Wildman–Crippen LogP) is 2.25. The van der Waals surface area contributed by atoms with Gasteiger partial charge in [-0.25, -0.2) is 9.07 Å². The molecule has 3 rings (SSSR count). The molecule has 0 spiro atoms. The third-order valence-corrected chi connectivity index (χ3v) is 5.30. The molecule has 162 valence electrons. The summed E-state index contributed by atoms with van der Waals surface area (Å²) in [6.07, 6.45) is -0.677. The molecule has 1 aliphatic rings. The van der Waals surface area contributed by atoms with Crippen LogP contribution in [0.3, 0.4) is 0 Å². The number of nitrogens with zero attached hydrogens (tertiary/aromatic N) is 3. The normalized spacial score (nSPS) is 26.2. The summed E-state index contributed by atoms with van der Waals surface area (Å²) in [6, 6.07) is 5.29. The summed E-state index contributed by atoms with van der Waals surface area (Å²) < 4.78 is 37.1. The number of alkyl halides is 1. The number of halogens is 2. The first-order valence-electron chi connectivity index (χ1n) is 9.11. The molecular formula is C19H21BrFN3O6. The van der Waals surface area contributed by atoms with Gasteiger partial charge in [0.1, 0.15) is 41.4 Å². The van der Waals surface area contributed by atoms with E-state index in [0.717, 1.165) is 0 Å². The van der Waals surface area contributed by atoms with Crippen molar-refractivity contribution < 1.29 is 32.9 Å². The van der Waals surface area contributed by atoms with Crippen LogP contribution in [0.2, 0.25) is 0 Å². The van der Waals surface area contributed by atoms with E-state index in [2.05, 4.69) is 26.2 Å². The molecule has 11 heteroatoms. The molecule has 1 aromatic carbocycles. The van der Waals surface area contributed by atoms with Gasteiger partial charge in [-0.3, -0.25) is 9.59 Å². The first-order chi connectivity index (χ1) is 14.3. The van der Waals surface area contributed by atoms with Gasteiger partial charge < -0.3 is 18.9 Å². The van der Waals surface area contributed by atoms with Gasteiger partial charge >= 0.3 is 11.9 Å². The molecule has 5 atom stereocenters. The van der Waals surface area contributed by atoms with Crippen molar-refractivity contribution in [1.82, 2.24) is 15.0 Å². The second kappa shape index (κ2) is 9.63. The van der Waals surface area contributed by atoms with Gasteiger partial charge in [0.25, 0.3) is 0 Å². The highest BCUT2D eigenvalue weighted by Crippen LogP contribution is 2.36. The van der Waals surface area contributed by atoms with E-state index in [0.29, 0.717) is 11.3 Å². The Bertz CT molecular complexity index is 910. The zero-order chi connectivity index (χ0) is 21.8. The Morgan fingerprint density at radius 3 is 2.67 bits per heavy atom. The third-order valence-electron chi connectivity index (χ3n) is 4.56. The number of hydrogen-bond donors (Lipinski definition) is 0. The number of benzene rings is 1. The molecule has 0 amide bonds. The molecule has 2 aromatic rings. The minimum Gasteiger partial charge on any atom is -0.463 e. The molecular weight excluding hydrogens is 465 g/mol. The van der Waals surface area contributed by atoms with Gasteiger partial charge in [-0.2, -0.15) is 0 Å². The number of aromatic nitrogens is 3. The summed E-state index contributed by atoms with van der Waals surface area (Å²) >= 11 is 3.42. The standard InChI is InChI=1S/C19H21BrFN3O6/c1-10(25)28-9-15-17(29-11(2)26)16(18(27-3)19(20)30-15)24-8-14(22-23-24)12-5-4-6-13(21)7-12/h4-8,15-19H,9H2,1-3H3. The number of ether oxygens (including phenoxy) is 4. The van der Waals surface area contributed by atoms with Crippen LogP contribution in [0.5, 0.6) is 0 Å². The molecule has 1 aliphatic heterocycles. The van der Waals surface area contributed by atoms with Gasteiger partial charge in [0, 0.05) is 26.5 Å².